The molecule has 74 valence electrons. The lowest BCUT2D eigenvalue weighted by atomic mass is 10.1. The smallest absolute Gasteiger partial charge is 0.258 e. The maximum atomic E-state index is 12.9. The van der Waals surface area contributed by atoms with Crippen molar-refractivity contribution in [2.45, 2.75) is 6.92 Å². The van der Waals surface area contributed by atoms with Crippen molar-refractivity contribution in [3.05, 3.63) is 44.2 Å². The summed E-state index contributed by atoms with van der Waals surface area (Å²) in [6, 6.07) is 2.10. The lowest BCUT2D eigenvalue weighted by molar-refractivity contribution is -0.385. The summed E-state index contributed by atoms with van der Waals surface area (Å²) in [5.41, 5.74) is 0.133. The summed E-state index contributed by atoms with van der Waals surface area (Å²) in [6.45, 7) is 1.74. The molecule has 3 nitrogen and oxygen atoms in total. The van der Waals surface area contributed by atoms with Gasteiger partial charge in [-0.2, -0.15) is 0 Å². The number of hydrogen-bond acceptors (Lipinski definition) is 2. The Morgan fingerprint density at radius 1 is 1.57 bits per heavy atom. The number of nitro benzene ring substituents is 1. The van der Waals surface area contributed by atoms with E-state index in [0.29, 0.717) is 10.0 Å². The molecule has 0 saturated heterocycles. The second kappa shape index (κ2) is 4.32. The highest BCUT2D eigenvalue weighted by molar-refractivity contribution is 9.10. The molecule has 0 unspecified atom stereocenters. The molecule has 0 heterocycles. The monoisotopic (exact) mass is 259 g/mol. The second-order valence-electron chi connectivity index (χ2n) is 2.58. The average Bonchev–Trinajstić information content (AvgIpc) is 2.09. The SMILES string of the molecule is CC=Cc1c(Br)cc(F)cc1[N+](=O)[O-]. The van der Waals surface area contributed by atoms with Crippen LogP contribution >= 0.6 is 15.9 Å². The first kappa shape index (κ1) is 10.8. The van der Waals surface area contributed by atoms with Gasteiger partial charge in [0.1, 0.15) is 5.82 Å². The molecule has 0 fully saturated rings. The molecule has 0 bridgehead atoms. The van der Waals surface area contributed by atoms with E-state index < -0.39 is 10.7 Å². The molecule has 0 radical (unpaired) electrons. The Morgan fingerprint density at radius 2 is 2.21 bits per heavy atom. The van der Waals surface area contributed by atoms with Gasteiger partial charge in [0.25, 0.3) is 5.69 Å². The molecule has 14 heavy (non-hydrogen) atoms. The zero-order chi connectivity index (χ0) is 10.7. The number of nitro groups is 1. The van der Waals surface area contributed by atoms with Crippen LogP contribution in [0.4, 0.5) is 10.1 Å². The van der Waals surface area contributed by atoms with Crippen LogP contribution in [-0.2, 0) is 0 Å². The fourth-order valence-electron chi connectivity index (χ4n) is 1.05. The van der Waals surface area contributed by atoms with Gasteiger partial charge >= 0.3 is 0 Å². The van der Waals surface area contributed by atoms with Crippen molar-refractivity contribution >= 4 is 27.7 Å². The number of nitrogens with zero attached hydrogens (tertiary/aromatic N) is 1. The normalized spacial score (nSPS) is 10.8. The fraction of sp³-hybridized carbons (Fsp3) is 0.111. The lowest BCUT2D eigenvalue weighted by Gasteiger charge is -2.00. The minimum Gasteiger partial charge on any atom is -0.258 e. The van der Waals surface area contributed by atoms with Gasteiger partial charge in [0.15, 0.2) is 0 Å². The van der Waals surface area contributed by atoms with Gasteiger partial charge in [0.05, 0.1) is 16.6 Å². The van der Waals surface area contributed by atoms with Gasteiger partial charge in [-0.3, -0.25) is 10.1 Å². The van der Waals surface area contributed by atoms with Gasteiger partial charge in [-0.15, -0.1) is 0 Å². The summed E-state index contributed by atoms with van der Waals surface area (Å²) >= 11 is 3.07. The van der Waals surface area contributed by atoms with Gasteiger partial charge in [-0.25, -0.2) is 4.39 Å². The Hall–Kier alpha value is -1.23. The minimum atomic E-state index is -0.628. The summed E-state index contributed by atoms with van der Waals surface area (Å²) < 4.78 is 13.2. The van der Waals surface area contributed by atoms with Gasteiger partial charge in [-0.1, -0.05) is 12.2 Å². The highest BCUT2D eigenvalue weighted by Gasteiger charge is 2.16. The van der Waals surface area contributed by atoms with E-state index in [1.165, 1.54) is 6.07 Å². The topological polar surface area (TPSA) is 43.1 Å². The maximum Gasteiger partial charge on any atom is 0.280 e. The molecular weight excluding hydrogens is 253 g/mol. The Kier molecular flexibility index (Phi) is 3.35. The number of hydrogen-bond donors (Lipinski definition) is 0. The van der Waals surface area contributed by atoms with Crippen molar-refractivity contribution in [1.82, 2.24) is 0 Å². The Balaban J connectivity index is 3.44. The van der Waals surface area contributed by atoms with Crippen molar-refractivity contribution in [2.24, 2.45) is 0 Å². The zero-order valence-corrected chi connectivity index (χ0v) is 8.92. The predicted molar refractivity (Wildman–Crippen MR) is 55.5 cm³/mol. The highest BCUT2D eigenvalue weighted by atomic mass is 79.9. The van der Waals surface area contributed by atoms with Crippen LogP contribution in [0, 0.1) is 15.9 Å². The van der Waals surface area contributed by atoms with E-state index in [4.69, 9.17) is 0 Å². The third-order valence-corrected chi connectivity index (χ3v) is 2.26. The zero-order valence-electron chi connectivity index (χ0n) is 7.33. The molecule has 5 heteroatoms. The van der Waals surface area contributed by atoms with Crippen LogP contribution in [0.25, 0.3) is 6.08 Å². The van der Waals surface area contributed by atoms with Crippen LogP contribution in [0.5, 0.6) is 0 Å². The Bertz CT molecular complexity index is 404. The molecule has 1 rings (SSSR count). The molecule has 0 aliphatic heterocycles. The van der Waals surface area contributed by atoms with Crippen LogP contribution in [0.3, 0.4) is 0 Å². The quantitative estimate of drug-likeness (QED) is 0.603. The Morgan fingerprint density at radius 3 is 2.71 bits per heavy atom. The summed E-state index contributed by atoms with van der Waals surface area (Å²) in [4.78, 5) is 9.98. The van der Waals surface area contributed by atoms with E-state index in [2.05, 4.69) is 15.9 Å². The van der Waals surface area contributed by atoms with Crippen LogP contribution < -0.4 is 0 Å². The van der Waals surface area contributed by atoms with Gasteiger partial charge in [-0.05, 0) is 28.9 Å². The largest absolute Gasteiger partial charge is 0.280 e. The number of halogens is 2. The van der Waals surface area contributed by atoms with Crippen LogP contribution in [0.2, 0.25) is 0 Å². The summed E-state index contributed by atoms with van der Waals surface area (Å²) in [7, 11) is 0. The van der Waals surface area contributed by atoms with Crippen LogP contribution in [0.1, 0.15) is 12.5 Å². The molecule has 1 aromatic carbocycles. The molecular formula is C9H7BrFNO2. The molecule has 0 saturated carbocycles. The molecule has 1 aromatic rings. The third-order valence-electron chi connectivity index (χ3n) is 1.60. The van der Waals surface area contributed by atoms with Crippen molar-refractivity contribution in [1.29, 1.82) is 0 Å². The first-order valence-corrected chi connectivity index (χ1v) is 4.61. The second-order valence-corrected chi connectivity index (χ2v) is 3.43. The van der Waals surface area contributed by atoms with Gasteiger partial charge in [0.2, 0.25) is 0 Å². The fourth-order valence-corrected chi connectivity index (χ4v) is 1.61. The van der Waals surface area contributed by atoms with Crippen molar-refractivity contribution in [3.8, 4) is 0 Å². The van der Waals surface area contributed by atoms with Crippen molar-refractivity contribution in [2.75, 3.05) is 0 Å². The van der Waals surface area contributed by atoms with E-state index in [0.717, 1.165) is 6.07 Å². The number of rotatable bonds is 2. The predicted octanol–water partition coefficient (Wildman–Crippen LogP) is 3.53. The molecule has 0 aliphatic rings. The molecule has 0 spiro atoms. The molecule has 0 aliphatic carbocycles. The summed E-state index contributed by atoms with van der Waals surface area (Å²) in [5, 5.41) is 10.6. The van der Waals surface area contributed by atoms with E-state index in [1.807, 2.05) is 0 Å². The van der Waals surface area contributed by atoms with E-state index in [-0.39, 0.29) is 5.69 Å². The first-order valence-electron chi connectivity index (χ1n) is 3.82. The number of benzene rings is 1. The first-order chi connectivity index (χ1) is 6.56. The molecule has 0 N–H and O–H groups in total. The molecule has 0 atom stereocenters. The third kappa shape index (κ3) is 2.17. The summed E-state index contributed by atoms with van der Waals surface area (Å²) in [6.07, 6.45) is 3.21. The number of allylic oxidation sites excluding steroid dienone is 1. The molecule has 0 amide bonds. The van der Waals surface area contributed by atoms with Crippen LogP contribution in [0.15, 0.2) is 22.7 Å². The van der Waals surface area contributed by atoms with E-state index in [1.54, 1.807) is 19.1 Å². The van der Waals surface area contributed by atoms with Gasteiger partial charge in [0, 0.05) is 4.47 Å². The van der Waals surface area contributed by atoms with E-state index >= 15 is 0 Å². The lowest BCUT2D eigenvalue weighted by Crippen LogP contribution is -1.93. The van der Waals surface area contributed by atoms with E-state index in [9.17, 15) is 14.5 Å². The highest BCUT2D eigenvalue weighted by Crippen LogP contribution is 2.29. The Labute approximate surface area is 88.5 Å². The maximum absolute atomic E-state index is 12.9. The summed E-state index contributed by atoms with van der Waals surface area (Å²) in [5.74, 6) is -0.628. The van der Waals surface area contributed by atoms with Gasteiger partial charge < -0.3 is 0 Å². The van der Waals surface area contributed by atoms with Crippen molar-refractivity contribution in [3.63, 3.8) is 0 Å². The molecule has 0 aromatic heterocycles. The average molecular weight is 260 g/mol. The van der Waals surface area contributed by atoms with Crippen molar-refractivity contribution < 1.29 is 9.31 Å². The van der Waals surface area contributed by atoms with Crippen LogP contribution in [-0.4, -0.2) is 4.92 Å². The standard InChI is InChI=1S/C9H7BrFNO2/c1-2-3-7-8(10)4-6(11)5-9(7)12(13)14/h2-5H,1H3. The minimum absolute atomic E-state index is 0.241.